The number of carbonyl (C=O) groups excluding carboxylic acids is 3. The first-order valence-corrected chi connectivity index (χ1v) is 14.5. The molecule has 2 aliphatic heterocycles. The van der Waals surface area contributed by atoms with Crippen LogP contribution in [0, 0.1) is 0 Å². The average molecular weight is 588 g/mol. The molecule has 5 rings (SSSR count). The predicted octanol–water partition coefficient (Wildman–Crippen LogP) is 2.68. The molecule has 4 unspecified atom stereocenters. The minimum Gasteiger partial charge on any atom is -0.476 e. The fraction of sp³-hybridized carbons (Fsp3) is 0.406. The van der Waals surface area contributed by atoms with Crippen molar-refractivity contribution >= 4 is 24.0 Å². The summed E-state index contributed by atoms with van der Waals surface area (Å²) in [5.41, 5.74) is 7.30. The van der Waals surface area contributed by atoms with Crippen molar-refractivity contribution in [1.82, 2.24) is 15.2 Å². The molecule has 0 radical (unpaired) electrons. The minimum absolute atomic E-state index is 0.0645. The quantitative estimate of drug-likeness (QED) is 0.307. The second-order valence-electron chi connectivity index (χ2n) is 11.1. The molecular weight excluding hydrogens is 550 g/mol. The molecule has 3 aromatic rings. The number of oxazole rings is 1. The third kappa shape index (κ3) is 7.00. The van der Waals surface area contributed by atoms with Crippen LogP contribution in [0.3, 0.4) is 0 Å². The lowest BCUT2D eigenvalue weighted by atomic mass is 9.93. The highest BCUT2D eigenvalue weighted by molar-refractivity contribution is 5.95. The summed E-state index contributed by atoms with van der Waals surface area (Å²) >= 11 is 0. The lowest BCUT2D eigenvalue weighted by molar-refractivity contribution is -0.141. The summed E-state index contributed by atoms with van der Waals surface area (Å²) in [6.45, 7) is 4.11. The van der Waals surface area contributed by atoms with Gasteiger partial charge in [0.25, 0.3) is 0 Å². The Bertz CT molecular complexity index is 1440. The molecule has 2 aromatic carbocycles. The van der Waals surface area contributed by atoms with Gasteiger partial charge in [-0.3, -0.25) is 9.59 Å². The van der Waals surface area contributed by atoms with Gasteiger partial charge in [0, 0.05) is 18.5 Å². The maximum Gasteiger partial charge on any atom is 0.248 e. The maximum atomic E-state index is 14.0. The second-order valence-corrected chi connectivity index (χ2v) is 11.1. The van der Waals surface area contributed by atoms with Crippen molar-refractivity contribution in [3.05, 3.63) is 78.2 Å². The Morgan fingerprint density at radius 2 is 1.98 bits per heavy atom. The van der Waals surface area contributed by atoms with Gasteiger partial charge in [-0.25, -0.2) is 9.98 Å². The number of aliphatic imine (C=N–C) groups is 1. The zero-order valence-electron chi connectivity index (χ0n) is 24.3. The minimum atomic E-state index is -1.13. The number of likely N-dealkylation sites (tertiary alicyclic amines) is 1. The molecule has 0 aliphatic carbocycles. The highest BCUT2D eigenvalue weighted by Crippen LogP contribution is 2.30. The molecule has 1 saturated heterocycles. The summed E-state index contributed by atoms with van der Waals surface area (Å²) in [6.07, 6.45) is 4.90. The van der Waals surface area contributed by atoms with E-state index >= 15 is 0 Å². The van der Waals surface area contributed by atoms with Gasteiger partial charge < -0.3 is 34.6 Å². The van der Waals surface area contributed by atoms with E-state index < -0.39 is 35.7 Å². The molecule has 3 N–H and O–H groups in total. The number of aldehydes is 1. The fourth-order valence-electron chi connectivity index (χ4n) is 5.41. The largest absolute Gasteiger partial charge is 0.476 e. The Morgan fingerprint density at radius 3 is 2.70 bits per heavy atom. The number of nitrogens with two attached hydrogens (primary N) is 1. The highest BCUT2D eigenvalue weighted by Gasteiger charge is 2.45. The Hall–Kier alpha value is -4.35. The summed E-state index contributed by atoms with van der Waals surface area (Å²) in [4.78, 5) is 49.7. The Labute approximate surface area is 250 Å². The van der Waals surface area contributed by atoms with Gasteiger partial charge in [0.2, 0.25) is 23.6 Å². The number of aromatic nitrogens is 1. The van der Waals surface area contributed by atoms with Gasteiger partial charge in [-0.05, 0) is 49.9 Å². The molecule has 0 saturated carbocycles. The molecule has 11 nitrogen and oxygen atoms in total. The molecule has 2 amide bonds. The summed E-state index contributed by atoms with van der Waals surface area (Å²) in [5, 5.41) is 2.79. The fourth-order valence-corrected chi connectivity index (χ4v) is 5.41. The lowest BCUT2D eigenvalue weighted by Crippen LogP contribution is -2.58. The van der Waals surface area contributed by atoms with E-state index in [0.29, 0.717) is 31.2 Å². The number of ether oxygens (including phenoxy) is 2. The lowest BCUT2D eigenvalue weighted by Gasteiger charge is -2.32. The van der Waals surface area contributed by atoms with Crippen LogP contribution >= 0.6 is 0 Å². The molecule has 3 heterocycles. The molecule has 0 spiro atoms. The second kappa shape index (κ2) is 13.3. The molecule has 2 aliphatic rings. The van der Waals surface area contributed by atoms with E-state index in [4.69, 9.17) is 24.6 Å². The van der Waals surface area contributed by atoms with Crippen molar-refractivity contribution in [1.29, 1.82) is 0 Å². The molecule has 11 heteroatoms. The zero-order valence-corrected chi connectivity index (χ0v) is 24.3. The van der Waals surface area contributed by atoms with Gasteiger partial charge in [-0.15, -0.1) is 0 Å². The maximum absolute atomic E-state index is 14.0. The number of carbonyl (C=O) groups is 3. The van der Waals surface area contributed by atoms with Crippen LogP contribution in [0.2, 0.25) is 0 Å². The van der Waals surface area contributed by atoms with E-state index in [-0.39, 0.29) is 19.1 Å². The normalized spacial score (nSPS) is 21.9. The summed E-state index contributed by atoms with van der Waals surface area (Å²) < 4.78 is 17.5. The first-order valence-electron chi connectivity index (χ1n) is 14.5. The van der Waals surface area contributed by atoms with Crippen molar-refractivity contribution in [2.24, 2.45) is 10.7 Å². The van der Waals surface area contributed by atoms with Crippen LogP contribution < -0.4 is 11.1 Å². The highest BCUT2D eigenvalue weighted by atomic mass is 16.5. The van der Waals surface area contributed by atoms with E-state index in [9.17, 15) is 14.4 Å². The molecule has 1 fully saturated rings. The van der Waals surface area contributed by atoms with Gasteiger partial charge in [0.1, 0.15) is 25.0 Å². The van der Waals surface area contributed by atoms with Gasteiger partial charge in [-0.1, -0.05) is 42.5 Å². The van der Waals surface area contributed by atoms with E-state index in [1.807, 2.05) is 54.6 Å². The number of rotatable bonds is 12. The van der Waals surface area contributed by atoms with Gasteiger partial charge in [-0.2, -0.15) is 0 Å². The predicted molar refractivity (Wildman–Crippen MR) is 159 cm³/mol. The average Bonchev–Trinajstić information content (AvgIpc) is 3.80. The number of hydrogen-bond donors (Lipinski definition) is 2. The molecular formula is C32H37N5O6. The Morgan fingerprint density at radius 1 is 1.19 bits per heavy atom. The van der Waals surface area contributed by atoms with E-state index in [1.165, 1.54) is 6.26 Å². The van der Waals surface area contributed by atoms with Crippen LogP contribution in [0.15, 0.2) is 76.5 Å². The third-order valence-corrected chi connectivity index (χ3v) is 7.76. The van der Waals surface area contributed by atoms with Crippen molar-refractivity contribution in [2.75, 3.05) is 13.2 Å². The van der Waals surface area contributed by atoms with Crippen molar-refractivity contribution in [3.63, 3.8) is 0 Å². The number of benzene rings is 2. The molecule has 0 bridgehead atoms. The number of amides is 2. The monoisotopic (exact) mass is 587 g/mol. The summed E-state index contributed by atoms with van der Waals surface area (Å²) in [6, 6.07) is 14.9. The molecule has 43 heavy (non-hydrogen) atoms. The van der Waals surface area contributed by atoms with Crippen LogP contribution in [-0.4, -0.2) is 76.8 Å². The van der Waals surface area contributed by atoms with Crippen molar-refractivity contribution < 1.29 is 28.3 Å². The van der Waals surface area contributed by atoms with E-state index in [2.05, 4.69) is 10.3 Å². The Kier molecular flexibility index (Phi) is 9.32. The van der Waals surface area contributed by atoms with Gasteiger partial charge in [0.15, 0.2) is 11.8 Å². The van der Waals surface area contributed by atoms with Crippen LogP contribution in [-0.2, 0) is 36.9 Å². The van der Waals surface area contributed by atoms with Crippen LogP contribution in [0.25, 0.3) is 11.5 Å². The number of nitrogens with one attached hydrogen (secondary N) is 1. The smallest absolute Gasteiger partial charge is 0.248 e. The van der Waals surface area contributed by atoms with Gasteiger partial charge in [0.05, 0.1) is 24.9 Å². The van der Waals surface area contributed by atoms with E-state index in [0.717, 1.165) is 29.4 Å². The molecule has 226 valence electrons. The topological polar surface area (TPSA) is 149 Å². The first-order chi connectivity index (χ1) is 20.8. The summed E-state index contributed by atoms with van der Waals surface area (Å²) in [7, 11) is 0. The Balaban J connectivity index is 1.33. The third-order valence-electron chi connectivity index (χ3n) is 7.76. The van der Waals surface area contributed by atoms with Crippen molar-refractivity contribution in [2.45, 2.75) is 69.5 Å². The standard InChI is InChI=1S/C32H37N5O6/c1-21(33)28(39)35-27(22(2)42-18-23-8-4-3-5-9-23)31(40)37-14-7-12-26(37)30-36-32(19-38,20-43-30)17-24-10-6-11-25(16-24)29-34-13-15-41-29/h3-6,8-11,13,15-16,19,21-22,26-27H,7,12,14,17-18,20,33H2,1-2H3,(H,35,39)/t21?,22?,26?,27?,32-/m0/s1. The first kappa shape index (κ1) is 30.1. The summed E-state index contributed by atoms with van der Waals surface area (Å²) in [5.74, 6) is 0.0647. The number of hydrogen-bond acceptors (Lipinski definition) is 9. The zero-order chi connectivity index (χ0) is 30.4. The van der Waals surface area contributed by atoms with E-state index in [1.54, 1.807) is 24.9 Å². The molecule has 5 atom stereocenters. The van der Waals surface area contributed by atoms with Crippen LogP contribution in [0.4, 0.5) is 0 Å². The van der Waals surface area contributed by atoms with Crippen molar-refractivity contribution in [3.8, 4) is 11.5 Å². The van der Waals surface area contributed by atoms with Gasteiger partial charge >= 0.3 is 0 Å². The van der Waals surface area contributed by atoms with Crippen LogP contribution in [0.1, 0.15) is 37.8 Å². The number of nitrogens with zero attached hydrogens (tertiary/aromatic N) is 3. The molecule has 1 aromatic heterocycles. The van der Waals surface area contributed by atoms with Crippen LogP contribution in [0.5, 0.6) is 0 Å². The SMILES string of the molecule is CC(N)C(=O)NC(C(=O)N1CCCC1C1=N[C@](C=O)(Cc2cccc(-c3ncco3)c2)CO1)C(C)OCc1ccccc1.